The lowest BCUT2D eigenvalue weighted by atomic mass is 9.97. The maximum atomic E-state index is 12.8. The second-order valence-corrected chi connectivity index (χ2v) is 8.16. The van der Waals surface area contributed by atoms with Crippen molar-refractivity contribution in [2.24, 2.45) is 5.92 Å². The van der Waals surface area contributed by atoms with Gasteiger partial charge < -0.3 is 19.7 Å². The number of hydrogen-bond acceptors (Lipinski definition) is 6. The van der Waals surface area contributed by atoms with E-state index < -0.39 is 12.1 Å². The molecule has 1 fully saturated rings. The molecule has 0 saturated carbocycles. The second kappa shape index (κ2) is 8.62. The second-order valence-electron chi connectivity index (χ2n) is 7.15. The average Bonchev–Trinajstić information content (AvgIpc) is 3.17. The van der Waals surface area contributed by atoms with E-state index >= 15 is 0 Å². The lowest BCUT2D eigenvalue weighted by Crippen LogP contribution is -2.40. The Kier molecular flexibility index (Phi) is 5.90. The lowest BCUT2D eigenvalue weighted by molar-refractivity contribution is -0.274. The number of methoxy groups -OCH3 is 1. The van der Waals surface area contributed by atoms with Crippen LogP contribution in [0.5, 0.6) is 11.5 Å². The van der Waals surface area contributed by atoms with Gasteiger partial charge in [-0.2, -0.15) is 0 Å². The van der Waals surface area contributed by atoms with Crippen molar-refractivity contribution < 1.29 is 27.4 Å². The van der Waals surface area contributed by atoms with Crippen LogP contribution in [0.25, 0.3) is 10.2 Å². The van der Waals surface area contributed by atoms with Crippen LogP contribution in [-0.4, -0.2) is 37.5 Å². The number of piperidine rings is 1. The molecule has 1 saturated heterocycles. The number of benzene rings is 2. The van der Waals surface area contributed by atoms with Gasteiger partial charge in [-0.25, -0.2) is 4.98 Å². The third-order valence-electron chi connectivity index (χ3n) is 5.02. The molecule has 0 radical (unpaired) electrons. The molecule has 1 unspecified atom stereocenters. The van der Waals surface area contributed by atoms with E-state index in [0.717, 1.165) is 34.1 Å². The number of aromatic nitrogens is 1. The van der Waals surface area contributed by atoms with Gasteiger partial charge >= 0.3 is 6.36 Å². The van der Waals surface area contributed by atoms with Crippen LogP contribution >= 0.6 is 11.3 Å². The zero-order valence-corrected chi connectivity index (χ0v) is 17.4. The number of anilines is 2. The van der Waals surface area contributed by atoms with E-state index in [0.29, 0.717) is 13.0 Å². The van der Waals surface area contributed by atoms with Crippen LogP contribution in [-0.2, 0) is 4.79 Å². The maximum Gasteiger partial charge on any atom is 0.573 e. The average molecular weight is 451 g/mol. The Hall–Kier alpha value is -3.01. The van der Waals surface area contributed by atoms with Crippen molar-refractivity contribution in [3.05, 3.63) is 42.5 Å². The molecule has 1 amide bonds. The van der Waals surface area contributed by atoms with Crippen molar-refractivity contribution in [1.29, 1.82) is 0 Å². The topological polar surface area (TPSA) is 63.7 Å². The zero-order valence-electron chi connectivity index (χ0n) is 16.6. The first-order chi connectivity index (χ1) is 14.8. The Morgan fingerprint density at radius 1 is 1.26 bits per heavy atom. The van der Waals surface area contributed by atoms with E-state index in [1.165, 1.54) is 29.5 Å². The Labute approximate surface area is 180 Å². The number of halogens is 3. The summed E-state index contributed by atoms with van der Waals surface area (Å²) in [6, 6.07) is 11.2. The van der Waals surface area contributed by atoms with E-state index in [1.54, 1.807) is 13.2 Å². The van der Waals surface area contributed by atoms with Gasteiger partial charge in [-0.3, -0.25) is 4.79 Å². The molecule has 0 aliphatic carbocycles. The van der Waals surface area contributed by atoms with Crippen molar-refractivity contribution in [2.75, 3.05) is 30.4 Å². The summed E-state index contributed by atoms with van der Waals surface area (Å²) >= 11 is 1.52. The van der Waals surface area contributed by atoms with Gasteiger partial charge in [0.05, 0.1) is 28.9 Å². The van der Waals surface area contributed by atoms with E-state index in [9.17, 15) is 18.0 Å². The molecule has 0 spiro atoms. The van der Waals surface area contributed by atoms with Crippen molar-refractivity contribution in [2.45, 2.75) is 19.2 Å². The minimum atomic E-state index is -4.84. The molecule has 10 heteroatoms. The molecule has 164 valence electrons. The van der Waals surface area contributed by atoms with E-state index in [4.69, 9.17) is 4.74 Å². The fourth-order valence-corrected chi connectivity index (χ4v) is 4.57. The van der Waals surface area contributed by atoms with Crippen LogP contribution in [0.2, 0.25) is 0 Å². The number of hydrogen-bond donors (Lipinski definition) is 1. The third-order valence-corrected chi connectivity index (χ3v) is 6.10. The SMILES string of the molecule is COc1ccc2nc(N3CCCC(C(=O)Nc4ccccc4OC(F)(F)F)C3)sc2c1. The van der Waals surface area contributed by atoms with E-state index in [2.05, 4.69) is 15.0 Å². The summed E-state index contributed by atoms with van der Waals surface area (Å²) in [7, 11) is 1.61. The molecule has 1 atom stereocenters. The normalized spacial score (nSPS) is 16.9. The van der Waals surface area contributed by atoms with Crippen molar-refractivity contribution >= 4 is 38.3 Å². The number of fused-ring (bicyclic) bond motifs is 1. The van der Waals surface area contributed by atoms with Gasteiger partial charge in [0.1, 0.15) is 5.75 Å². The van der Waals surface area contributed by atoms with Gasteiger partial charge in [-0.1, -0.05) is 23.5 Å². The predicted octanol–water partition coefficient (Wildman–Crippen LogP) is 5.06. The first-order valence-corrected chi connectivity index (χ1v) is 10.5. The lowest BCUT2D eigenvalue weighted by Gasteiger charge is -2.31. The Morgan fingerprint density at radius 3 is 2.84 bits per heavy atom. The predicted molar refractivity (Wildman–Crippen MR) is 113 cm³/mol. The Bertz CT molecular complexity index is 1090. The maximum absolute atomic E-state index is 12.8. The molecule has 3 aromatic rings. The van der Waals surface area contributed by atoms with Crippen LogP contribution in [0.4, 0.5) is 24.0 Å². The largest absolute Gasteiger partial charge is 0.573 e. The number of carbonyl (C=O) groups excluding carboxylic acids is 1. The summed E-state index contributed by atoms with van der Waals surface area (Å²) in [5, 5.41) is 3.40. The van der Waals surface area contributed by atoms with Crippen molar-refractivity contribution in [3.63, 3.8) is 0 Å². The molecular weight excluding hydrogens is 431 g/mol. The van der Waals surface area contributed by atoms with Crippen molar-refractivity contribution in [1.82, 2.24) is 4.98 Å². The molecule has 6 nitrogen and oxygen atoms in total. The quantitative estimate of drug-likeness (QED) is 0.588. The molecule has 1 aliphatic heterocycles. The number of amides is 1. The third kappa shape index (κ3) is 5.01. The van der Waals surface area contributed by atoms with E-state index in [-0.39, 0.29) is 17.5 Å². The fraction of sp³-hybridized carbons (Fsp3) is 0.333. The minimum Gasteiger partial charge on any atom is -0.497 e. The van der Waals surface area contributed by atoms with Crippen LogP contribution in [0, 0.1) is 5.92 Å². The standard InChI is InChI=1S/C21H20F3N3O3S/c1-29-14-8-9-16-18(11-14)31-20(26-16)27-10-4-5-13(12-27)19(28)25-15-6-2-3-7-17(15)30-21(22,23)24/h2-3,6-9,11,13H,4-5,10,12H2,1H3,(H,25,28). The fourth-order valence-electron chi connectivity index (χ4n) is 3.54. The Morgan fingerprint density at radius 2 is 2.06 bits per heavy atom. The summed E-state index contributed by atoms with van der Waals surface area (Å²) in [6.07, 6.45) is -3.42. The first-order valence-electron chi connectivity index (χ1n) is 9.67. The molecule has 31 heavy (non-hydrogen) atoms. The van der Waals surface area contributed by atoms with Gasteiger partial charge in [-0.05, 0) is 43.2 Å². The number of ether oxygens (including phenoxy) is 2. The zero-order chi connectivity index (χ0) is 22.0. The summed E-state index contributed by atoms with van der Waals surface area (Å²) in [5.41, 5.74) is 0.847. The number of nitrogens with zero attached hydrogens (tertiary/aromatic N) is 2. The number of para-hydroxylation sites is 2. The molecule has 1 N–H and O–H groups in total. The smallest absolute Gasteiger partial charge is 0.497 e. The summed E-state index contributed by atoms with van der Waals surface area (Å²) in [5.74, 6) is -0.408. The van der Waals surface area contributed by atoms with Crippen molar-refractivity contribution in [3.8, 4) is 11.5 Å². The summed E-state index contributed by atoms with van der Waals surface area (Å²) < 4.78 is 48.2. The number of rotatable bonds is 5. The highest BCUT2D eigenvalue weighted by Gasteiger charge is 2.33. The number of alkyl halides is 3. The molecule has 1 aliphatic rings. The van der Waals surface area contributed by atoms with Gasteiger partial charge in [0.15, 0.2) is 10.9 Å². The molecule has 0 bridgehead atoms. The summed E-state index contributed by atoms with van der Waals surface area (Å²) in [6.45, 7) is 1.19. The number of nitrogens with one attached hydrogen (secondary N) is 1. The van der Waals surface area contributed by atoms with Gasteiger partial charge in [0, 0.05) is 13.1 Å². The molecule has 4 rings (SSSR count). The highest BCUT2D eigenvalue weighted by atomic mass is 32.1. The number of thiazole rings is 1. The molecule has 2 heterocycles. The highest BCUT2D eigenvalue weighted by molar-refractivity contribution is 7.22. The van der Waals surface area contributed by atoms with Gasteiger partial charge in [0.2, 0.25) is 5.91 Å². The highest BCUT2D eigenvalue weighted by Crippen LogP contribution is 2.34. The monoisotopic (exact) mass is 451 g/mol. The summed E-state index contributed by atoms with van der Waals surface area (Å²) in [4.78, 5) is 19.5. The van der Waals surface area contributed by atoms with Crippen LogP contribution in [0.1, 0.15) is 12.8 Å². The van der Waals surface area contributed by atoms with Crippen LogP contribution in [0.15, 0.2) is 42.5 Å². The van der Waals surface area contributed by atoms with Crippen LogP contribution in [0.3, 0.4) is 0 Å². The van der Waals surface area contributed by atoms with E-state index in [1.807, 2.05) is 23.1 Å². The van der Waals surface area contributed by atoms with Gasteiger partial charge in [-0.15, -0.1) is 13.2 Å². The number of carbonyl (C=O) groups is 1. The first kappa shape index (κ1) is 21.2. The Balaban J connectivity index is 1.47. The molecule has 1 aromatic heterocycles. The molecular formula is C21H20F3N3O3S. The van der Waals surface area contributed by atoms with Crippen LogP contribution < -0.4 is 19.7 Å². The van der Waals surface area contributed by atoms with Gasteiger partial charge in [0.25, 0.3) is 0 Å². The minimum absolute atomic E-state index is 0.00553. The molecule has 2 aromatic carbocycles.